The van der Waals surface area contributed by atoms with E-state index in [1.807, 2.05) is 6.07 Å². The van der Waals surface area contributed by atoms with Crippen LogP contribution in [0, 0.1) is 11.3 Å². The minimum atomic E-state index is -5.08. The Hall–Kier alpha value is -2.50. The summed E-state index contributed by atoms with van der Waals surface area (Å²) in [5.41, 5.74) is 5.44. The van der Waals surface area contributed by atoms with Crippen LogP contribution >= 0.6 is 0 Å². The molecule has 0 atom stereocenters. The van der Waals surface area contributed by atoms with E-state index in [0.717, 1.165) is 0 Å². The topological polar surface area (TPSA) is 109 Å². The molecule has 0 unspecified atom stereocenters. The van der Waals surface area contributed by atoms with Crippen molar-refractivity contribution < 1.29 is 23.1 Å². The van der Waals surface area contributed by atoms with Crippen LogP contribution in [0.2, 0.25) is 0 Å². The fourth-order valence-corrected chi connectivity index (χ4v) is 0.767. The SMILES string of the molecule is Cn1c(C#N)ccc(N)c1=O.O=C(O)C(F)(F)F. The highest BCUT2D eigenvalue weighted by Crippen LogP contribution is 2.13. The van der Waals surface area contributed by atoms with Gasteiger partial charge in [-0.25, -0.2) is 4.79 Å². The number of nitrogens with zero attached hydrogens (tertiary/aromatic N) is 2. The van der Waals surface area contributed by atoms with Crippen molar-refractivity contribution in [3.05, 3.63) is 28.2 Å². The number of hydrogen-bond acceptors (Lipinski definition) is 4. The quantitative estimate of drug-likeness (QED) is 0.707. The molecule has 0 saturated carbocycles. The van der Waals surface area contributed by atoms with Gasteiger partial charge in [-0.05, 0) is 12.1 Å². The molecule has 0 aromatic carbocycles. The monoisotopic (exact) mass is 263 g/mol. The number of rotatable bonds is 0. The summed E-state index contributed by atoms with van der Waals surface area (Å²) in [6.45, 7) is 0. The van der Waals surface area contributed by atoms with Gasteiger partial charge in [-0.2, -0.15) is 18.4 Å². The molecule has 18 heavy (non-hydrogen) atoms. The summed E-state index contributed by atoms with van der Waals surface area (Å²) < 4.78 is 33.0. The predicted molar refractivity (Wildman–Crippen MR) is 54.5 cm³/mol. The van der Waals surface area contributed by atoms with E-state index >= 15 is 0 Å². The molecule has 0 spiro atoms. The summed E-state index contributed by atoms with van der Waals surface area (Å²) in [7, 11) is 1.51. The number of anilines is 1. The van der Waals surface area contributed by atoms with Crippen LogP contribution in [-0.2, 0) is 11.8 Å². The van der Waals surface area contributed by atoms with Crippen LogP contribution in [0.5, 0.6) is 0 Å². The molecule has 9 heteroatoms. The van der Waals surface area contributed by atoms with Gasteiger partial charge >= 0.3 is 12.1 Å². The Bertz CT molecular complexity index is 543. The lowest BCUT2D eigenvalue weighted by Gasteiger charge is -1.99. The molecule has 0 amide bonds. The van der Waals surface area contributed by atoms with E-state index in [2.05, 4.69) is 0 Å². The second-order valence-electron chi connectivity index (χ2n) is 2.95. The van der Waals surface area contributed by atoms with Crippen LogP contribution in [0.1, 0.15) is 5.69 Å². The van der Waals surface area contributed by atoms with Gasteiger partial charge in [0.15, 0.2) is 0 Å². The molecule has 1 aromatic heterocycles. The van der Waals surface area contributed by atoms with Gasteiger partial charge in [0.25, 0.3) is 5.56 Å². The van der Waals surface area contributed by atoms with Crippen molar-refractivity contribution in [2.75, 3.05) is 5.73 Å². The molecule has 0 bridgehead atoms. The highest BCUT2D eigenvalue weighted by atomic mass is 19.4. The second-order valence-corrected chi connectivity index (χ2v) is 2.95. The first kappa shape index (κ1) is 15.5. The minimum absolute atomic E-state index is 0.159. The van der Waals surface area contributed by atoms with Gasteiger partial charge < -0.3 is 15.4 Å². The molecule has 0 aliphatic heterocycles. The average Bonchev–Trinajstić information content (AvgIpc) is 2.26. The van der Waals surface area contributed by atoms with E-state index in [4.69, 9.17) is 20.9 Å². The zero-order valence-corrected chi connectivity index (χ0v) is 9.02. The number of carbonyl (C=O) groups is 1. The lowest BCUT2D eigenvalue weighted by molar-refractivity contribution is -0.192. The molecule has 1 rings (SSSR count). The standard InChI is InChI=1S/C7H7N3O.C2HF3O2/c1-10-5(4-8)2-3-6(9)7(10)11;3-2(4,5)1(6)7/h2-3H,9H2,1H3;(H,6,7). The van der Waals surface area contributed by atoms with Crippen molar-refractivity contribution in [3.63, 3.8) is 0 Å². The lowest BCUT2D eigenvalue weighted by atomic mass is 10.3. The summed E-state index contributed by atoms with van der Waals surface area (Å²) in [5, 5.41) is 15.6. The number of nitriles is 1. The molecule has 1 heterocycles. The van der Waals surface area contributed by atoms with Crippen molar-refractivity contribution in [2.45, 2.75) is 6.18 Å². The van der Waals surface area contributed by atoms with Gasteiger partial charge in [0, 0.05) is 7.05 Å². The van der Waals surface area contributed by atoms with Gasteiger partial charge in [0.05, 0.1) is 5.69 Å². The molecule has 3 N–H and O–H groups in total. The average molecular weight is 263 g/mol. The Labute approximate surface area is 98.7 Å². The number of nitrogens with two attached hydrogens (primary N) is 1. The number of carboxylic acid groups (broad SMARTS) is 1. The molecule has 0 aliphatic carbocycles. The number of carboxylic acids is 1. The Balaban J connectivity index is 0.000000360. The zero-order chi connectivity index (χ0) is 14.5. The molecule has 0 radical (unpaired) electrons. The van der Waals surface area contributed by atoms with Crippen molar-refractivity contribution in [1.82, 2.24) is 4.57 Å². The number of pyridine rings is 1. The first-order valence-corrected chi connectivity index (χ1v) is 4.27. The minimum Gasteiger partial charge on any atom is -0.475 e. The number of aliphatic carboxylic acids is 1. The summed E-state index contributed by atoms with van der Waals surface area (Å²) in [4.78, 5) is 19.9. The van der Waals surface area contributed by atoms with Gasteiger partial charge in [0.2, 0.25) is 0 Å². The van der Waals surface area contributed by atoms with Gasteiger partial charge in [-0.15, -0.1) is 0 Å². The maximum absolute atomic E-state index is 11.0. The van der Waals surface area contributed by atoms with E-state index < -0.39 is 12.1 Å². The third kappa shape index (κ3) is 4.17. The van der Waals surface area contributed by atoms with Crippen molar-refractivity contribution in [2.24, 2.45) is 7.05 Å². The van der Waals surface area contributed by atoms with Crippen molar-refractivity contribution >= 4 is 11.7 Å². The van der Waals surface area contributed by atoms with E-state index in [1.165, 1.54) is 23.7 Å². The fraction of sp³-hybridized carbons (Fsp3) is 0.222. The fourth-order valence-electron chi connectivity index (χ4n) is 0.767. The summed E-state index contributed by atoms with van der Waals surface area (Å²) in [6.07, 6.45) is -5.08. The number of aromatic nitrogens is 1. The van der Waals surface area contributed by atoms with Gasteiger partial charge in [-0.3, -0.25) is 4.79 Å². The lowest BCUT2D eigenvalue weighted by Crippen LogP contribution is -2.21. The molecule has 0 aliphatic rings. The molecule has 6 nitrogen and oxygen atoms in total. The number of halogens is 3. The highest BCUT2D eigenvalue weighted by Gasteiger charge is 2.38. The van der Waals surface area contributed by atoms with E-state index in [0.29, 0.717) is 5.69 Å². The molecular weight excluding hydrogens is 255 g/mol. The van der Waals surface area contributed by atoms with Crippen molar-refractivity contribution in [1.29, 1.82) is 5.26 Å². The van der Waals surface area contributed by atoms with Gasteiger partial charge in [0.1, 0.15) is 11.8 Å². The summed E-state index contributed by atoms with van der Waals surface area (Å²) in [6, 6.07) is 4.81. The largest absolute Gasteiger partial charge is 0.490 e. The number of hydrogen-bond donors (Lipinski definition) is 2. The first-order chi connectivity index (χ1) is 8.11. The molecule has 0 saturated heterocycles. The Morgan fingerprint density at radius 1 is 1.50 bits per heavy atom. The Kier molecular flexibility index (Phi) is 4.92. The summed E-state index contributed by atoms with van der Waals surface area (Å²) >= 11 is 0. The van der Waals surface area contributed by atoms with Crippen LogP contribution in [-0.4, -0.2) is 21.8 Å². The van der Waals surface area contributed by atoms with Crippen LogP contribution in [0.3, 0.4) is 0 Å². The number of nitrogen functional groups attached to an aromatic ring is 1. The molecule has 0 fully saturated rings. The van der Waals surface area contributed by atoms with Gasteiger partial charge in [-0.1, -0.05) is 0 Å². The zero-order valence-electron chi connectivity index (χ0n) is 9.02. The van der Waals surface area contributed by atoms with E-state index in [-0.39, 0.29) is 11.2 Å². The highest BCUT2D eigenvalue weighted by molar-refractivity contribution is 5.73. The Morgan fingerprint density at radius 2 is 1.94 bits per heavy atom. The summed E-state index contributed by atoms with van der Waals surface area (Å²) in [5.74, 6) is -2.76. The van der Waals surface area contributed by atoms with Crippen LogP contribution in [0.15, 0.2) is 16.9 Å². The Morgan fingerprint density at radius 3 is 2.28 bits per heavy atom. The van der Waals surface area contributed by atoms with E-state index in [9.17, 15) is 18.0 Å². The van der Waals surface area contributed by atoms with Crippen LogP contribution in [0.4, 0.5) is 18.9 Å². The molecule has 1 aromatic rings. The molecular formula is C9H8F3N3O3. The van der Waals surface area contributed by atoms with Crippen LogP contribution < -0.4 is 11.3 Å². The normalized spacial score (nSPS) is 9.94. The van der Waals surface area contributed by atoms with Crippen LogP contribution in [0.25, 0.3) is 0 Å². The smallest absolute Gasteiger partial charge is 0.475 e. The van der Waals surface area contributed by atoms with E-state index in [1.54, 1.807) is 0 Å². The number of alkyl halides is 3. The maximum Gasteiger partial charge on any atom is 0.490 e. The first-order valence-electron chi connectivity index (χ1n) is 4.27. The maximum atomic E-state index is 11.0. The predicted octanol–water partition coefficient (Wildman–Crippen LogP) is 0.472. The molecule has 98 valence electrons. The van der Waals surface area contributed by atoms with Crippen molar-refractivity contribution in [3.8, 4) is 6.07 Å². The second kappa shape index (κ2) is 5.72. The third-order valence-electron chi connectivity index (χ3n) is 1.69. The third-order valence-corrected chi connectivity index (χ3v) is 1.69.